The zero-order valence-corrected chi connectivity index (χ0v) is 7.87. The summed E-state index contributed by atoms with van der Waals surface area (Å²) in [5.41, 5.74) is 4.66. The van der Waals surface area contributed by atoms with Crippen LogP contribution >= 0.6 is 0 Å². The molecule has 92 valence electrons. The van der Waals surface area contributed by atoms with Crippen molar-refractivity contribution in [1.82, 2.24) is 5.32 Å². The summed E-state index contributed by atoms with van der Waals surface area (Å²) in [7, 11) is 0. The number of aliphatic carboxylic acids is 1. The summed E-state index contributed by atoms with van der Waals surface area (Å²) in [5, 5.41) is 10.0. The van der Waals surface area contributed by atoms with E-state index in [-0.39, 0.29) is 0 Å². The maximum Gasteiger partial charge on any atom is 0.397 e. The normalized spacial score (nSPS) is 12.9. The summed E-state index contributed by atoms with van der Waals surface area (Å²) < 4.78 is 35.2. The standard InChI is InChI=1S/C7H9F3N2O4/c8-7(9,10)2-5(14)12-3(6(15)16)1-4(11)13/h3H,1-2H2,(H2,11,13)(H,12,14)(H,15,16)/t3-/m1/s1. The molecule has 0 heterocycles. The number of nitrogens with one attached hydrogen (secondary N) is 1. The van der Waals surface area contributed by atoms with E-state index < -0.39 is 42.8 Å². The van der Waals surface area contributed by atoms with Gasteiger partial charge in [0.25, 0.3) is 0 Å². The minimum atomic E-state index is -4.74. The van der Waals surface area contributed by atoms with Crippen LogP contribution in [0, 0.1) is 0 Å². The van der Waals surface area contributed by atoms with Gasteiger partial charge in [-0.3, -0.25) is 9.59 Å². The first-order valence-electron chi connectivity index (χ1n) is 3.99. The van der Waals surface area contributed by atoms with Crippen molar-refractivity contribution in [2.75, 3.05) is 0 Å². The molecule has 6 nitrogen and oxygen atoms in total. The Morgan fingerprint density at radius 1 is 1.31 bits per heavy atom. The van der Waals surface area contributed by atoms with E-state index in [0.717, 1.165) is 0 Å². The smallest absolute Gasteiger partial charge is 0.397 e. The molecular weight excluding hydrogens is 233 g/mol. The topological polar surface area (TPSA) is 109 Å². The van der Waals surface area contributed by atoms with E-state index in [2.05, 4.69) is 5.73 Å². The fourth-order valence-electron chi connectivity index (χ4n) is 0.829. The van der Waals surface area contributed by atoms with Crippen LogP contribution in [0.4, 0.5) is 13.2 Å². The molecule has 4 N–H and O–H groups in total. The highest BCUT2D eigenvalue weighted by molar-refractivity contribution is 5.88. The second-order valence-electron chi connectivity index (χ2n) is 2.92. The van der Waals surface area contributed by atoms with Gasteiger partial charge in [-0.15, -0.1) is 0 Å². The van der Waals surface area contributed by atoms with E-state index in [1.807, 2.05) is 0 Å². The van der Waals surface area contributed by atoms with E-state index >= 15 is 0 Å². The number of halogens is 3. The molecule has 0 saturated carbocycles. The van der Waals surface area contributed by atoms with Gasteiger partial charge in [-0.25, -0.2) is 4.79 Å². The predicted molar refractivity (Wildman–Crippen MR) is 44.0 cm³/mol. The molecule has 0 aliphatic rings. The van der Waals surface area contributed by atoms with Gasteiger partial charge in [0.1, 0.15) is 12.5 Å². The Kier molecular flexibility index (Phi) is 4.73. The Morgan fingerprint density at radius 3 is 2.12 bits per heavy atom. The number of amides is 2. The molecular formula is C7H9F3N2O4. The Balaban J connectivity index is 4.35. The van der Waals surface area contributed by atoms with Crippen LogP contribution in [0.3, 0.4) is 0 Å². The molecule has 9 heteroatoms. The molecule has 0 saturated heterocycles. The maximum absolute atomic E-state index is 11.7. The lowest BCUT2D eigenvalue weighted by Crippen LogP contribution is -2.44. The quantitative estimate of drug-likeness (QED) is 0.597. The number of carboxylic acids is 1. The lowest BCUT2D eigenvalue weighted by Gasteiger charge is -2.13. The number of primary amides is 1. The minimum Gasteiger partial charge on any atom is -0.480 e. The zero-order chi connectivity index (χ0) is 12.9. The third-order valence-corrected chi connectivity index (χ3v) is 1.40. The fourth-order valence-corrected chi connectivity index (χ4v) is 0.829. The first-order valence-corrected chi connectivity index (χ1v) is 3.99. The number of carbonyl (C=O) groups excluding carboxylic acids is 2. The van der Waals surface area contributed by atoms with Crippen molar-refractivity contribution in [2.45, 2.75) is 25.1 Å². The van der Waals surface area contributed by atoms with Crippen LogP contribution in [0.2, 0.25) is 0 Å². The van der Waals surface area contributed by atoms with Crippen LogP contribution in [-0.2, 0) is 14.4 Å². The van der Waals surface area contributed by atoms with Crippen LogP contribution in [0.25, 0.3) is 0 Å². The van der Waals surface area contributed by atoms with Crippen molar-refractivity contribution in [2.24, 2.45) is 5.73 Å². The highest BCUT2D eigenvalue weighted by atomic mass is 19.4. The monoisotopic (exact) mass is 242 g/mol. The van der Waals surface area contributed by atoms with Crippen molar-refractivity contribution in [3.63, 3.8) is 0 Å². The van der Waals surface area contributed by atoms with Gasteiger partial charge in [0.05, 0.1) is 6.42 Å². The van der Waals surface area contributed by atoms with Gasteiger partial charge in [0.2, 0.25) is 11.8 Å². The number of carbonyl (C=O) groups is 3. The van der Waals surface area contributed by atoms with Crippen molar-refractivity contribution in [3.05, 3.63) is 0 Å². The maximum atomic E-state index is 11.7. The first-order chi connectivity index (χ1) is 7.11. The van der Waals surface area contributed by atoms with Crippen LogP contribution in [0.1, 0.15) is 12.8 Å². The van der Waals surface area contributed by atoms with Gasteiger partial charge >= 0.3 is 12.1 Å². The molecule has 2 amide bonds. The van der Waals surface area contributed by atoms with Crippen molar-refractivity contribution < 1.29 is 32.7 Å². The molecule has 0 bridgehead atoms. The molecule has 0 aromatic carbocycles. The van der Waals surface area contributed by atoms with Gasteiger partial charge in [0.15, 0.2) is 0 Å². The third kappa shape index (κ3) is 6.62. The highest BCUT2D eigenvalue weighted by Gasteiger charge is 2.33. The van der Waals surface area contributed by atoms with Gasteiger partial charge in [-0.05, 0) is 0 Å². The third-order valence-electron chi connectivity index (χ3n) is 1.40. The molecule has 0 radical (unpaired) electrons. The Hall–Kier alpha value is -1.80. The molecule has 0 aliphatic carbocycles. The molecule has 16 heavy (non-hydrogen) atoms. The van der Waals surface area contributed by atoms with Crippen molar-refractivity contribution in [1.29, 1.82) is 0 Å². The van der Waals surface area contributed by atoms with Crippen molar-refractivity contribution in [3.8, 4) is 0 Å². The zero-order valence-electron chi connectivity index (χ0n) is 7.87. The number of carboxylic acid groups (broad SMARTS) is 1. The van der Waals surface area contributed by atoms with Gasteiger partial charge in [0, 0.05) is 0 Å². The van der Waals surface area contributed by atoms with Gasteiger partial charge in [-0.1, -0.05) is 0 Å². The van der Waals surface area contributed by atoms with Crippen molar-refractivity contribution >= 4 is 17.8 Å². The summed E-state index contributed by atoms with van der Waals surface area (Å²) in [5.74, 6) is -4.20. The van der Waals surface area contributed by atoms with Gasteiger partial charge < -0.3 is 16.2 Å². The summed E-state index contributed by atoms with van der Waals surface area (Å²) in [4.78, 5) is 31.5. The van der Waals surface area contributed by atoms with E-state index in [4.69, 9.17) is 5.11 Å². The predicted octanol–water partition coefficient (Wildman–Crippen LogP) is -0.616. The summed E-state index contributed by atoms with van der Waals surface area (Å²) in [6.07, 6.45) is -7.31. The van der Waals surface area contributed by atoms with Crippen LogP contribution < -0.4 is 11.1 Å². The summed E-state index contributed by atoms with van der Waals surface area (Å²) >= 11 is 0. The Bertz CT molecular complexity index is 302. The van der Waals surface area contributed by atoms with E-state index in [1.165, 1.54) is 0 Å². The average molecular weight is 242 g/mol. The van der Waals surface area contributed by atoms with Gasteiger partial charge in [-0.2, -0.15) is 13.2 Å². The number of hydrogen-bond donors (Lipinski definition) is 3. The molecule has 0 unspecified atom stereocenters. The lowest BCUT2D eigenvalue weighted by molar-refractivity contribution is -0.157. The minimum absolute atomic E-state index is 0.765. The largest absolute Gasteiger partial charge is 0.480 e. The lowest BCUT2D eigenvalue weighted by atomic mass is 10.2. The average Bonchev–Trinajstić information content (AvgIpc) is 1.97. The van der Waals surface area contributed by atoms with Crippen LogP contribution in [0.5, 0.6) is 0 Å². The molecule has 0 aromatic rings. The first kappa shape index (κ1) is 14.2. The Morgan fingerprint density at radius 2 is 1.81 bits per heavy atom. The molecule has 1 atom stereocenters. The summed E-state index contributed by atoms with van der Waals surface area (Å²) in [6, 6.07) is -1.74. The van der Waals surface area contributed by atoms with E-state index in [9.17, 15) is 27.6 Å². The number of rotatable bonds is 5. The molecule has 0 aromatic heterocycles. The molecule has 0 spiro atoms. The van der Waals surface area contributed by atoms with E-state index in [0.29, 0.717) is 0 Å². The number of nitrogens with two attached hydrogens (primary N) is 1. The van der Waals surface area contributed by atoms with Crippen LogP contribution in [-0.4, -0.2) is 35.1 Å². The SMILES string of the molecule is NC(=O)C[C@@H](NC(=O)CC(F)(F)F)C(=O)O. The second kappa shape index (κ2) is 5.33. The Labute approximate surface area is 87.6 Å². The second-order valence-corrected chi connectivity index (χ2v) is 2.92. The number of alkyl halides is 3. The fraction of sp³-hybridized carbons (Fsp3) is 0.571. The highest BCUT2D eigenvalue weighted by Crippen LogP contribution is 2.19. The van der Waals surface area contributed by atoms with E-state index in [1.54, 1.807) is 5.32 Å². The molecule has 0 rings (SSSR count). The molecule has 0 aliphatic heterocycles. The molecule has 0 fully saturated rings. The summed E-state index contributed by atoms with van der Waals surface area (Å²) in [6.45, 7) is 0. The van der Waals surface area contributed by atoms with Crippen LogP contribution in [0.15, 0.2) is 0 Å². The number of hydrogen-bond acceptors (Lipinski definition) is 3.